The molecule has 0 spiro atoms. The van der Waals surface area contributed by atoms with Crippen LogP contribution in [0.3, 0.4) is 0 Å². The summed E-state index contributed by atoms with van der Waals surface area (Å²) in [5.74, 6) is 0. The number of nitrogens with zero attached hydrogens (tertiary/aromatic N) is 2. The SMILES string of the molecule is CC(N)Cc1csc(-c2ccc(N(C)C)cc2)n1. The Morgan fingerprint density at radius 2 is 1.94 bits per heavy atom. The van der Waals surface area contributed by atoms with Crippen LogP contribution < -0.4 is 10.6 Å². The first kappa shape index (κ1) is 13.1. The minimum Gasteiger partial charge on any atom is -0.378 e. The lowest BCUT2D eigenvalue weighted by Crippen LogP contribution is -2.17. The summed E-state index contributed by atoms with van der Waals surface area (Å²) in [5, 5.41) is 3.16. The van der Waals surface area contributed by atoms with E-state index in [-0.39, 0.29) is 6.04 Å². The second kappa shape index (κ2) is 5.50. The molecule has 1 aromatic heterocycles. The quantitative estimate of drug-likeness (QED) is 0.920. The van der Waals surface area contributed by atoms with E-state index < -0.39 is 0 Å². The van der Waals surface area contributed by atoms with Crippen LogP contribution in [0.1, 0.15) is 12.6 Å². The average molecular weight is 261 g/mol. The normalized spacial score (nSPS) is 12.4. The van der Waals surface area contributed by atoms with Crippen LogP contribution in [0.5, 0.6) is 0 Å². The zero-order chi connectivity index (χ0) is 13.1. The molecule has 1 unspecified atom stereocenters. The molecular formula is C14H19N3S. The van der Waals surface area contributed by atoms with Crippen LogP contribution in [0.25, 0.3) is 10.6 Å². The first-order chi connectivity index (χ1) is 8.56. The molecule has 18 heavy (non-hydrogen) atoms. The molecule has 4 heteroatoms. The maximum atomic E-state index is 5.78. The third kappa shape index (κ3) is 3.09. The summed E-state index contributed by atoms with van der Waals surface area (Å²) < 4.78 is 0. The zero-order valence-corrected chi connectivity index (χ0v) is 11.9. The predicted octanol–water partition coefficient (Wildman–Crippen LogP) is 2.77. The number of thiazole rings is 1. The molecule has 3 nitrogen and oxygen atoms in total. The molecule has 0 aliphatic rings. The standard InChI is InChI=1S/C14H19N3S/c1-10(15)8-12-9-18-14(16-12)11-4-6-13(7-5-11)17(2)3/h4-7,9-10H,8,15H2,1-3H3. The highest BCUT2D eigenvalue weighted by atomic mass is 32.1. The van der Waals surface area contributed by atoms with Crippen LogP contribution in [-0.2, 0) is 6.42 Å². The van der Waals surface area contributed by atoms with Crippen LogP contribution in [0.4, 0.5) is 5.69 Å². The van der Waals surface area contributed by atoms with Crippen molar-refractivity contribution in [3.05, 3.63) is 35.3 Å². The van der Waals surface area contributed by atoms with E-state index in [1.54, 1.807) is 11.3 Å². The average Bonchev–Trinajstić information content (AvgIpc) is 2.76. The van der Waals surface area contributed by atoms with Gasteiger partial charge in [-0.25, -0.2) is 4.98 Å². The summed E-state index contributed by atoms with van der Waals surface area (Å²) in [6.45, 7) is 2.00. The van der Waals surface area contributed by atoms with E-state index in [1.807, 2.05) is 21.0 Å². The molecule has 0 aliphatic carbocycles. The van der Waals surface area contributed by atoms with Gasteiger partial charge in [0.2, 0.25) is 0 Å². The van der Waals surface area contributed by atoms with Crippen molar-refractivity contribution in [2.24, 2.45) is 5.73 Å². The molecule has 2 N–H and O–H groups in total. The smallest absolute Gasteiger partial charge is 0.123 e. The summed E-state index contributed by atoms with van der Waals surface area (Å²) in [6.07, 6.45) is 0.840. The Morgan fingerprint density at radius 1 is 1.28 bits per heavy atom. The predicted molar refractivity (Wildman–Crippen MR) is 79.2 cm³/mol. The van der Waals surface area contributed by atoms with Crippen LogP contribution in [-0.4, -0.2) is 25.1 Å². The summed E-state index contributed by atoms with van der Waals surface area (Å²) in [6, 6.07) is 8.62. The fourth-order valence-corrected chi connectivity index (χ4v) is 2.60. The van der Waals surface area contributed by atoms with Crippen molar-refractivity contribution in [1.29, 1.82) is 0 Å². The summed E-state index contributed by atoms with van der Waals surface area (Å²) in [7, 11) is 4.08. The summed E-state index contributed by atoms with van der Waals surface area (Å²) in [5.41, 5.74) is 9.24. The maximum Gasteiger partial charge on any atom is 0.123 e. The first-order valence-corrected chi connectivity index (χ1v) is 6.92. The maximum absolute atomic E-state index is 5.78. The van der Waals surface area contributed by atoms with E-state index in [4.69, 9.17) is 5.73 Å². The molecule has 2 aromatic rings. The van der Waals surface area contributed by atoms with Gasteiger partial charge in [-0.1, -0.05) is 0 Å². The Bertz CT molecular complexity index is 500. The largest absolute Gasteiger partial charge is 0.378 e. The van der Waals surface area contributed by atoms with Gasteiger partial charge in [0.25, 0.3) is 0 Å². The lowest BCUT2D eigenvalue weighted by atomic mass is 10.2. The van der Waals surface area contributed by atoms with Gasteiger partial charge < -0.3 is 10.6 Å². The molecular weight excluding hydrogens is 242 g/mol. The monoisotopic (exact) mass is 261 g/mol. The third-order valence-corrected chi connectivity index (χ3v) is 3.65. The first-order valence-electron chi connectivity index (χ1n) is 6.04. The van der Waals surface area contributed by atoms with Crippen molar-refractivity contribution in [2.75, 3.05) is 19.0 Å². The number of aromatic nitrogens is 1. The van der Waals surface area contributed by atoms with Crippen molar-refractivity contribution in [3.8, 4) is 10.6 Å². The fraction of sp³-hybridized carbons (Fsp3) is 0.357. The molecule has 1 heterocycles. The van der Waals surface area contributed by atoms with Crippen LogP contribution in [0.15, 0.2) is 29.6 Å². The zero-order valence-electron chi connectivity index (χ0n) is 11.1. The second-order valence-corrected chi connectivity index (χ2v) is 5.62. The van der Waals surface area contributed by atoms with Crippen molar-refractivity contribution < 1.29 is 0 Å². The van der Waals surface area contributed by atoms with E-state index in [0.717, 1.165) is 17.1 Å². The van der Waals surface area contributed by atoms with Gasteiger partial charge in [0.15, 0.2) is 0 Å². The Morgan fingerprint density at radius 3 is 2.50 bits per heavy atom. The topological polar surface area (TPSA) is 42.1 Å². The van der Waals surface area contributed by atoms with Gasteiger partial charge in [-0.3, -0.25) is 0 Å². The molecule has 1 aromatic carbocycles. The van der Waals surface area contributed by atoms with Crippen molar-refractivity contribution in [3.63, 3.8) is 0 Å². The van der Waals surface area contributed by atoms with Crippen molar-refractivity contribution >= 4 is 17.0 Å². The molecule has 96 valence electrons. The van der Waals surface area contributed by atoms with Crippen molar-refractivity contribution in [2.45, 2.75) is 19.4 Å². The van der Waals surface area contributed by atoms with Gasteiger partial charge in [-0.05, 0) is 31.2 Å². The van der Waals surface area contributed by atoms with E-state index in [0.29, 0.717) is 0 Å². The number of hydrogen-bond acceptors (Lipinski definition) is 4. The number of nitrogens with two attached hydrogens (primary N) is 1. The Labute approximate surface area is 112 Å². The van der Waals surface area contributed by atoms with Gasteiger partial charge in [-0.2, -0.15) is 0 Å². The third-order valence-electron chi connectivity index (χ3n) is 2.71. The van der Waals surface area contributed by atoms with Gasteiger partial charge in [-0.15, -0.1) is 11.3 Å². The summed E-state index contributed by atoms with van der Waals surface area (Å²) >= 11 is 1.68. The van der Waals surface area contributed by atoms with Crippen LogP contribution in [0.2, 0.25) is 0 Å². The molecule has 2 rings (SSSR count). The van der Waals surface area contributed by atoms with Gasteiger partial charge in [0.05, 0.1) is 5.69 Å². The van der Waals surface area contributed by atoms with Gasteiger partial charge >= 0.3 is 0 Å². The molecule has 0 aliphatic heterocycles. The van der Waals surface area contributed by atoms with E-state index in [9.17, 15) is 0 Å². The van der Waals surface area contributed by atoms with Crippen LogP contribution >= 0.6 is 11.3 Å². The van der Waals surface area contributed by atoms with E-state index >= 15 is 0 Å². The molecule has 0 fully saturated rings. The van der Waals surface area contributed by atoms with Crippen LogP contribution in [0, 0.1) is 0 Å². The highest BCUT2D eigenvalue weighted by Gasteiger charge is 2.06. The Balaban J connectivity index is 2.18. The number of hydrogen-bond donors (Lipinski definition) is 1. The molecule has 0 bridgehead atoms. The van der Waals surface area contributed by atoms with Crippen molar-refractivity contribution in [1.82, 2.24) is 4.98 Å². The second-order valence-electron chi connectivity index (χ2n) is 4.77. The molecule has 1 atom stereocenters. The Kier molecular flexibility index (Phi) is 3.99. The molecule has 0 saturated carbocycles. The highest BCUT2D eigenvalue weighted by molar-refractivity contribution is 7.13. The van der Waals surface area contributed by atoms with E-state index in [2.05, 4.69) is 39.5 Å². The lowest BCUT2D eigenvalue weighted by Gasteiger charge is -2.12. The fourth-order valence-electron chi connectivity index (χ4n) is 1.77. The van der Waals surface area contributed by atoms with E-state index in [1.165, 1.54) is 11.3 Å². The minimum absolute atomic E-state index is 0.163. The Hall–Kier alpha value is -1.39. The molecule has 0 amide bonds. The van der Waals surface area contributed by atoms with Gasteiger partial charge in [0.1, 0.15) is 5.01 Å². The molecule has 0 saturated heterocycles. The number of rotatable bonds is 4. The molecule has 0 radical (unpaired) electrons. The number of benzene rings is 1. The van der Waals surface area contributed by atoms with Gasteiger partial charge in [0, 0.05) is 43.2 Å². The highest BCUT2D eigenvalue weighted by Crippen LogP contribution is 2.26. The summed E-state index contributed by atoms with van der Waals surface area (Å²) in [4.78, 5) is 6.71. The minimum atomic E-state index is 0.163. The number of anilines is 1. The lowest BCUT2D eigenvalue weighted by molar-refractivity contribution is 0.726.